The number of nitro benzene ring substituents is 1. The number of anilines is 1. The van der Waals surface area contributed by atoms with Crippen LogP contribution in [0.5, 0.6) is 11.5 Å². The number of ether oxygens (including phenoxy) is 2. The first kappa shape index (κ1) is 23.4. The summed E-state index contributed by atoms with van der Waals surface area (Å²) in [6, 6.07) is 8.22. The highest BCUT2D eigenvalue weighted by molar-refractivity contribution is 6.08. The van der Waals surface area contributed by atoms with Crippen LogP contribution in [0.25, 0.3) is 21.8 Å². The standard InChI is InChI=1S/C20H24N4O5.ClH/c1-12(25)11-21-6-7-22-20-14-5-4-13(24(26)27)8-16(14)23-17-10-19(29-3)18(28-2)9-15(17)20;/h4-5,8-10,12,21,25H,6-7,11H2,1-3H3,(H,22,23);1H/p-1. The number of aromatic nitrogens is 1. The van der Waals surface area contributed by atoms with E-state index in [4.69, 9.17) is 9.47 Å². The van der Waals surface area contributed by atoms with Crippen LogP contribution in [-0.4, -0.2) is 55.0 Å². The van der Waals surface area contributed by atoms with E-state index >= 15 is 0 Å². The first-order valence-electron chi connectivity index (χ1n) is 9.21. The predicted octanol–water partition coefficient (Wildman–Crippen LogP) is -0.300. The highest BCUT2D eigenvalue weighted by Crippen LogP contribution is 2.38. The number of methoxy groups -OCH3 is 2. The molecule has 0 amide bonds. The molecular formula is C20H24ClN4O5-. The topological polar surface area (TPSA) is 119 Å². The van der Waals surface area contributed by atoms with Crippen LogP contribution in [-0.2, 0) is 0 Å². The van der Waals surface area contributed by atoms with Gasteiger partial charge in [-0.2, -0.15) is 0 Å². The predicted molar refractivity (Wildman–Crippen MR) is 112 cm³/mol. The second-order valence-corrected chi connectivity index (χ2v) is 6.65. The lowest BCUT2D eigenvalue weighted by molar-refractivity contribution is -0.384. The molecule has 1 heterocycles. The Bertz CT molecular complexity index is 1040. The van der Waals surface area contributed by atoms with Crippen LogP contribution in [0.2, 0.25) is 0 Å². The summed E-state index contributed by atoms with van der Waals surface area (Å²) < 4.78 is 10.8. The third-order valence-electron chi connectivity index (χ3n) is 4.52. The Morgan fingerprint density at radius 3 is 2.40 bits per heavy atom. The lowest BCUT2D eigenvalue weighted by Gasteiger charge is -2.16. The zero-order chi connectivity index (χ0) is 21.0. The fourth-order valence-corrected chi connectivity index (χ4v) is 3.15. The van der Waals surface area contributed by atoms with Crippen LogP contribution in [0.1, 0.15) is 6.92 Å². The summed E-state index contributed by atoms with van der Waals surface area (Å²) >= 11 is 0. The molecular weight excluding hydrogens is 412 g/mol. The number of hydrogen-bond donors (Lipinski definition) is 3. The molecule has 1 unspecified atom stereocenters. The van der Waals surface area contributed by atoms with E-state index in [0.29, 0.717) is 42.2 Å². The van der Waals surface area contributed by atoms with E-state index in [1.54, 1.807) is 33.3 Å². The molecule has 9 nitrogen and oxygen atoms in total. The maximum absolute atomic E-state index is 11.2. The number of hydrogen-bond acceptors (Lipinski definition) is 8. The number of rotatable bonds is 9. The lowest BCUT2D eigenvalue weighted by atomic mass is 10.1. The van der Waals surface area contributed by atoms with Crippen molar-refractivity contribution in [1.82, 2.24) is 10.3 Å². The first-order valence-corrected chi connectivity index (χ1v) is 9.21. The summed E-state index contributed by atoms with van der Waals surface area (Å²) in [5.74, 6) is 1.10. The quantitative estimate of drug-likeness (QED) is 0.181. The minimum Gasteiger partial charge on any atom is -1.00 e. The van der Waals surface area contributed by atoms with Crippen molar-refractivity contribution in [2.75, 3.05) is 39.2 Å². The molecule has 0 saturated carbocycles. The van der Waals surface area contributed by atoms with E-state index in [0.717, 1.165) is 16.5 Å². The van der Waals surface area contributed by atoms with Gasteiger partial charge in [-0.15, -0.1) is 0 Å². The fourth-order valence-electron chi connectivity index (χ4n) is 3.15. The molecule has 3 aromatic rings. The van der Waals surface area contributed by atoms with Crippen LogP contribution in [0.4, 0.5) is 11.4 Å². The Kier molecular flexibility index (Phi) is 7.99. The average molecular weight is 436 g/mol. The molecule has 1 aromatic heterocycles. The van der Waals surface area contributed by atoms with Crippen molar-refractivity contribution in [3.05, 3.63) is 40.4 Å². The van der Waals surface area contributed by atoms with Crippen molar-refractivity contribution in [2.24, 2.45) is 0 Å². The van der Waals surface area contributed by atoms with Gasteiger partial charge in [0.05, 0.1) is 42.0 Å². The molecule has 0 aliphatic heterocycles. The molecule has 3 rings (SSSR count). The smallest absolute Gasteiger partial charge is 0.271 e. The van der Waals surface area contributed by atoms with E-state index in [9.17, 15) is 15.2 Å². The Balaban J connectivity index is 0.00000320. The van der Waals surface area contributed by atoms with Gasteiger partial charge in [0.2, 0.25) is 0 Å². The number of pyridine rings is 1. The monoisotopic (exact) mass is 435 g/mol. The number of halogens is 1. The molecule has 10 heteroatoms. The van der Waals surface area contributed by atoms with Gasteiger partial charge in [0.15, 0.2) is 11.5 Å². The average Bonchev–Trinajstić information content (AvgIpc) is 2.71. The first-order chi connectivity index (χ1) is 13.9. The van der Waals surface area contributed by atoms with E-state index in [1.165, 1.54) is 12.1 Å². The summed E-state index contributed by atoms with van der Waals surface area (Å²) in [6.07, 6.45) is -0.421. The van der Waals surface area contributed by atoms with Crippen LogP contribution in [0, 0.1) is 10.1 Å². The maximum atomic E-state index is 11.2. The fraction of sp³-hybridized carbons (Fsp3) is 0.350. The van der Waals surface area contributed by atoms with Gasteiger partial charge in [0.25, 0.3) is 5.69 Å². The summed E-state index contributed by atoms with van der Waals surface area (Å²) in [6.45, 7) is 3.44. The van der Waals surface area contributed by atoms with Gasteiger partial charge in [-0.1, -0.05) is 0 Å². The second-order valence-electron chi connectivity index (χ2n) is 6.65. The highest BCUT2D eigenvalue weighted by atomic mass is 35.5. The zero-order valence-electron chi connectivity index (χ0n) is 16.9. The van der Waals surface area contributed by atoms with Gasteiger partial charge < -0.3 is 37.6 Å². The number of aliphatic hydroxyl groups excluding tert-OH is 1. The number of fused-ring (bicyclic) bond motifs is 2. The number of aliphatic hydroxyl groups is 1. The van der Waals surface area contributed by atoms with Crippen LogP contribution in [0.3, 0.4) is 0 Å². The molecule has 1 atom stereocenters. The Morgan fingerprint density at radius 2 is 1.77 bits per heavy atom. The van der Waals surface area contributed by atoms with E-state index < -0.39 is 11.0 Å². The Labute approximate surface area is 179 Å². The normalized spacial score (nSPS) is 11.7. The minimum atomic E-state index is -0.437. The number of nitrogens with zero attached hydrogens (tertiary/aromatic N) is 2. The van der Waals surface area contributed by atoms with E-state index in [-0.39, 0.29) is 18.1 Å². The third kappa shape index (κ3) is 4.99. The summed E-state index contributed by atoms with van der Waals surface area (Å²) in [5, 5.41) is 28.7. The Hall–Kier alpha value is -2.88. The van der Waals surface area contributed by atoms with Crippen molar-refractivity contribution >= 4 is 33.2 Å². The molecule has 3 N–H and O–H groups in total. The van der Waals surface area contributed by atoms with Gasteiger partial charge in [0, 0.05) is 48.6 Å². The molecule has 2 aromatic carbocycles. The SMILES string of the molecule is COc1cc2nc3cc([N+](=O)[O-])ccc3c(NCCNCC(C)O)c2cc1OC.[Cl-]. The van der Waals surface area contributed by atoms with Gasteiger partial charge in [0.1, 0.15) is 0 Å². The van der Waals surface area contributed by atoms with E-state index in [1.807, 2.05) is 6.07 Å². The van der Waals surface area contributed by atoms with Crippen molar-refractivity contribution in [3.8, 4) is 11.5 Å². The third-order valence-corrected chi connectivity index (χ3v) is 4.52. The molecule has 0 aliphatic carbocycles. The van der Waals surface area contributed by atoms with Gasteiger partial charge in [-0.05, 0) is 19.1 Å². The van der Waals surface area contributed by atoms with Gasteiger partial charge >= 0.3 is 0 Å². The summed E-state index contributed by atoms with van der Waals surface area (Å²) in [4.78, 5) is 15.3. The van der Waals surface area contributed by atoms with Crippen molar-refractivity contribution < 1.29 is 31.9 Å². The lowest BCUT2D eigenvalue weighted by Crippen LogP contribution is -3.00. The second kappa shape index (κ2) is 10.2. The molecule has 0 spiro atoms. The highest BCUT2D eigenvalue weighted by Gasteiger charge is 2.16. The summed E-state index contributed by atoms with van der Waals surface area (Å²) in [7, 11) is 3.11. The minimum absolute atomic E-state index is 0. The Morgan fingerprint density at radius 1 is 1.10 bits per heavy atom. The van der Waals surface area contributed by atoms with Gasteiger partial charge in [-0.25, -0.2) is 4.98 Å². The largest absolute Gasteiger partial charge is 1.00 e. The van der Waals surface area contributed by atoms with E-state index in [2.05, 4.69) is 15.6 Å². The molecule has 0 fully saturated rings. The van der Waals surface area contributed by atoms with Crippen molar-refractivity contribution in [2.45, 2.75) is 13.0 Å². The van der Waals surface area contributed by atoms with Crippen LogP contribution >= 0.6 is 0 Å². The van der Waals surface area contributed by atoms with Crippen LogP contribution in [0.15, 0.2) is 30.3 Å². The number of non-ortho nitro benzene ring substituents is 1. The number of nitrogens with one attached hydrogen (secondary N) is 2. The molecule has 0 aliphatic rings. The molecule has 0 bridgehead atoms. The molecule has 162 valence electrons. The molecule has 0 saturated heterocycles. The van der Waals surface area contributed by atoms with Crippen LogP contribution < -0.4 is 32.5 Å². The van der Waals surface area contributed by atoms with Gasteiger partial charge in [-0.3, -0.25) is 10.1 Å². The maximum Gasteiger partial charge on any atom is 0.271 e. The number of nitro groups is 1. The number of benzene rings is 2. The molecule has 0 radical (unpaired) electrons. The van der Waals surface area contributed by atoms with Crippen molar-refractivity contribution in [3.63, 3.8) is 0 Å². The zero-order valence-corrected chi connectivity index (χ0v) is 17.7. The van der Waals surface area contributed by atoms with Crippen molar-refractivity contribution in [1.29, 1.82) is 0 Å². The summed E-state index contributed by atoms with van der Waals surface area (Å²) in [5.41, 5.74) is 1.93. The molecule has 30 heavy (non-hydrogen) atoms.